The lowest BCUT2D eigenvalue weighted by Crippen LogP contribution is -2.37. The number of rotatable bonds is 2. The van der Waals surface area contributed by atoms with Crippen LogP contribution >= 0.6 is 0 Å². The quantitative estimate of drug-likeness (QED) is 0.696. The largest absolute Gasteiger partial charge is 0.509 e. The lowest BCUT2D eigenvalue weighted by Gasteiger charge is -2.20. The van der Waals surface area contributed by atoms with E-state index in [1.54, 1.807) is 0 Å². The van der Waals surface area contributed by atoms with Crippen LogP contribution in [0.2, 0.25) is 0 Å². The van der Waals surface area contributed by atoms with E-state index in [9.17, 15) is 4.79 Å². The van der Waals surface area contributed by atoms with Crippen LogP contribution in [0.25, 0.3) is 0 Å². The molecular weight excluding hydrogens is 292 g/mol. The molecule has 0 aromatic rings. The Morgan fingerprint density at radius 1 is 0.727 bits per heavy atom. The Bertz CT molecular complexity index is 404. The van der Waals surface area contributed by atoms with E-state index < -0.39 is 18.4 Å². The van der Waals surface area contributed by atoms with Crippen LogP contribution in [0.4, 0.5) is 4.79 Å². The summed E-state index contributed by atoms with van der Waals surface area (Å²) in [5.74, 6) is 0.652. The van der Waals surface area contributed by atoms with Crippen LogP contribution in [-0.2, 0) is 28.4 Å². The van der Waals surface area contributed by atoms with Crippen LogP contribution in [0.3, 0.4) is 0 Å². The zero-order chi connectivity index (χ0) is 15.3. The fourth-order valence-electron chi connectivity index (χ4n) is 3.79. The molecule has 0 aliphatic carbocycles. The molecule has 0 bridgehead atoms. The molecule has 8 unspecified atom stereocenters. The highest BCUT2D eigenvalue weighted by Gasteiger charge is 2.50. The summed E-state index contributed by atoms with van der Waals surface area (Å²) in [6.07, 6.45) is -1.84. The number of hydrogen-bond acceptors (Lipinski definition) is 7. The zero-order valence-corrected chi connectivity index (χ0v) is 12.8. The Morgan fingerprint density at radius 2 is 1.14 bits per heavy atom. The topological polar surface area (TPSA) is 72.5 Å². The van der Waals surface area contributed by atoms with Crippen molar-refractivity contribution in [2.75, 3.05) is 26.4 Å². The number of carbonyl (C=O) groups excluding carboxylic acids is 1. The Hall–Kier alpha value is -0.890. The van der Waals surface area contributed by atoms with Crippen LogP contribution in [-0.4, -0.2) is 69.2 Å². The summed E-state index contributed by atoms with van der Waals surface area (Å²) < 4.78 is 33.4. The highest BCUT2D eigenvalue weighted by Crippen LogP contribution is 2.34. The van der Waals surface area contributed by atoms with Gasteiger partial charge >= 0.3 is 6.16 Å². The van der Waals surface area contributed by atoms with Crippen molar-refractivity contribution >= 4 is 6.16 Å². The van der Waals surface area contributed by atoms with E-state index in [0.717, 1.165) is 0 Å². The van der Waals surface area contributed by atoms with Crippen molar-refractivity contribution in [2.45, 2.75) is 50.5 Å². The van der Waals surface area contributed by atoms with Crippen molar-refractivity contribution in [2.24, 2.45) is 11.8 Å². The SMILES string of the molecule is CC1COC2C(OC(=O)OC3COC4C(C)COC34)COC12. The second-order valence-corrected chi connectivity index (χ2v) is 6.71. The first-order chi connectivity index (χ1) is 10.6. The molecule has 4 aliphatic rings. The van der Waals surface area contributed by atoms with Crippen molar-refractivity contribution in [3.63, 3.8) is 0 Å². The van der Waals surface area contributed by atoms with Gasteiger partial charge in [-0.25, -0.2) is 4.79 Å². The van der Waals surface area contributed by atoms with Gasteiger partial charge in [0.1, 0.15) is 12.2 Å². The first kappa shape index (κ1) is 14.7. The fraction of sp³-hybridized carbons (Fsp3) is 0.933. The Morgan fingerprint density at radius 3 is 1.59 bits per heavy atom. The third-order valence-corrected chi connectivity index (χ3v) is 5.01. The smallest absolute Gasteiger partial charge is 0.426 e. The Balaban J connectivity index is 1.30. The summed E-state index contributed by atoms with van der Waals surface area (Å²) in [4.78, 5) is 12.0. The van der Waals surface area contributed by atoms with Gasteiger partial charge in [-0.15, -0.1) is 0 Å². The van der Waals surface area contributed by atoms with Crippen LogP contribution in [0.15, 0.2) is 0 Å². The van der Waals surface area contributed by atoms with Crippen LogP contribution in [0, 0.1) is 11.8 Å². The van der Waals surface area contributed by atoms with Crippen LogP contribution in [0.1, 0.15) is 13.8 Å². The summed E-state index contributed by atoms with van der Waals surface area (Å²) in [7, 11) is 0. The molecule has 124 valence electrons. The van der Waals surface area contributed by atoms with E-state index in [2.05, 4.69) is 13.8 Å². The maximum absolute atomic E-state index is 12.0. The molecule has 4 rings (SSSR count). The van der Waals surface area contributed by atoms with Gasteiger partial charge in [0.15, 0.2) is 12.2 Å². The second kappa shape index (κ2) is 5.63. The molecule has 0 N–H and O–H groups in total. The molecule has 4 aliphatic heterocycles. The minimum Gasteiger partial charge on any atom is -0.426 e. The average molecular weight is 314 g/mol. The Kier molecular flexibility index (Phi) is 3.76. The van der Waals surface area contributed by atoms with Gasteiger partial charge in [0.05, 0.1) is 38.6 Å². The van der Waals surface area contributed by atoms with Crippen LogP contribution < -0.4 is 0 Å². The van der Waals surface area contributed by atoms with E-state index in [4.69, 9.17) is 28.4 Å². The summed E-state index contributed by atoms with van der Waals surface area (Å²) >= 11 is 0. The standard InChI is InChI=1S/C15H22O7/c1-7-3-17-13-9(5-19-11(7)13)21-15(16)22-10-6-20-12-8(2)4-18-14(10)12/h7-14H,3-6H2,1-2H3. The molecule has 4 saturated heterocycles. The van der Waals surface area contributed by atoms with E-state index in [1.807, 2.05) is 0 Å². The minimum atomic E-state index is -0.699. The maximum Gasteiger partial charge on any atom is 0.509 e. The van der Waals surface area contributed by atoms with Crippen molar-refractivity contribution in [1.29, 1.82) is 0 Å². The Labute approximate surface area is 129 Å². The van der Waals surface area contributed by atoms with E-state index >= 15 is 0 Å². The lowest BCUT2D eigenvalue weighted by atomic mass is 10.0. The van der Waals surface area contributed by atoms with Gasteiger partial charge in [0.25, 0.3) is 0 Å². The number of carbonyl (C=O) groups is 1. The molecule has 0 aromatic carbocycles. The number of hydrogen-bond donors (Lipinski definition) is 0. The van der Waals surface area contributed by atoms with E-state index in [1.165, 1.54) is 0 Å². The molecule has 0 saturated carbocycles. The van der Waals surface area contributed by atoms with Gasteiger partial charge in [-0.1, -0.05) is 13.8 Å². The summed E-state index contributed by atoms with van der Waals surface area (Å²) in [5.41, 5.74) is 0. The molecule has 7 heteroatoms. The average Bonchev–Trinajstić information content (AvgIpc) is 3.20. The first-order valence-corrected chi connectivity index (χ1v) is 7.97. The minimum absolute atomic E-state index is 0.0102. The van der Waals surface area contributed by atoms with Gasteiger partial charge in [-0.2, -0.15) is 0 Å². The second-order valence-electron chi connectivity index (χ2n) is 6.71. The molecule has 8 atom stereocenters. The summed E-state index contributed by atoms with van der Waals surface area (Å²) in [6, 6.07) is 0. The van der Waals surface area contributed by atoms with Crippen molar-refractivity contribution in [3.8, 4) is 0 Å². The fourth-order valence-corrected chi connectivity index (χ4v) is 3.79. The molecule has 0 amide bonds. The van der Waals surface area contributed by atoms with Gasteiger partial charge < -0.3 is 28.4 Å². The first-order valence-electron chi connectivity index (χ1n) is 7.97. The van der Waals surface area contributed by atoms with Gasteiger partial charge in [0.2, 0.25) is 0 Å². The van der Waals surface area contributed by atoms with Crippen LogP contribution in [0.5, 0.6) is 0 Å². The summed E-state index contributed by atoms with van der Waals surface area (Å²) in [5, 5.41) is 0. The summed E-state index contributed by atoms with van der Waals surface area (Å²) in [6.45, 7) is 6.12. The zero-order valence-electron chi connectivity index (χ0n) is 12.8. The third kappa shape index (κ3) is 2.40. The van der Waals surface area contributed by atoms with E-state index in [-0.39, 0.29) is 24.4 Å². The molecule has 22 heavy (non-hydrogen) atoms. The van der Waals surface area contributed by atoms with Gasteiger partial charge in [-0.3, -0.25) is 0 Å². The van der Waals surface area contributed by atoms with Crippen molar-refractivity contribution in [1.82, 2.24) is 0 Å². The van der Waals surface area contributed by atoms with Gasteiger partial charge in [0, 0.05) is 11.8 Å². The van der Waals surface area contributed by atoms with Crippen molar-refractivity contribution in [3.05, 3.63) is 0 Å². The van der Waals surface area contributed by atoms with Gasteiger partial charge in [-0.05, 0) is 0 Å². The normalized spacial score (nSPS) is 49.9. The maximum atomic E-state index is 12.0. The molecule has 0 spiro atoms. The van der Waals surface area contributed by atoms with Crippen molar-refractivity contribution < 1.29 is 33.2 Å². The van der Waals surface area contributed by atoms with E-state index in [0.29, 0.717) is 38.3 Å². The number of ether oxygens (including phenoxy) is 6. The predicted octanol–water partition coefficient (Wildman–Crippen LogP) is 0.744. The monoisotopic (exact) mass is 314 g/mol. The molecule has 0 radical (unpaired) electrons. The third-order valence-electron chi connectivity index (χ3n) is 5.01. The number of fused-ring (bicyclic) bond motifs is 2. The molecule has 0 aromatic heterocycles. The molecule has 4 heterocycles. The highest BCUT2D eigenvalue weighted by atomic mass is 16.8. The lowest BCUT2D eigenvalue weighted by molar-refractivity contribution is -0.0609. The molecule has 4 fully saturated rings. The molecule has 7 nitrogen and oxygen atoms in total. The predicted molar refractivity (Wildman–Crippen MR) is 72.4 cm³/mol. The molecular formula is C15H22O7. The highest BCUT2D eigenvalue weighted by molar-refractivity contribution is 5.60.